The van der Waals surface area contributed by atoms with Gasteiger partial charge in [0.25, 0.3) is 0 Å². The van der Waals surface area contributed by atoms with Crippen molar-refractivity contribution in [3.63, 3.8) is 0 Å². The summed E-state index contributed by atoms with van der Waals surface area (Å²) in [5, 5.41) is 0. The van der Waals surface area contributed by atoms with Gasteiger partial charge in [-0.1, -0.05) is 0 Å². The number of fused-ring (bicyclic) bond motifs is 1. The molecule has 6 heteroatoms. The SMILES string of the molecule is Cc1nc2c(c(N3CCC(C(F)(F)F)CC3)n1)CCCC2. The molecule has 0 atom stereocenters. The quantitative estimate of drug-likeness (QED) is 0.795. The first-order valence-corrected chi connectivity index (χ1v) is 7.63. The zero-order chi connectivity index (χ0) is 15.0. The fourth-order valence-corrected chi connectivity index (χ4v) is 3.37. The number of aromatic nitrogens is 2. The van der Waals surface area contributed by atoms with Crippen molar-refractivity contribution in [2.75, 3.05) is 18.0 Å². The number of aryl methyl sites for hydroxylation is 2. The average molecular weight is 299 g/mol. The fourth-order valence-electron chi connectivity index (χ4n) is 3.37. The van der Waals surface area contributed by atoms with Crippen LogP contribution in [0.1, 0.15) is 42.8 Å². The van der Waals surface area contributed by atoms with Gasteiger partial charge in [-0.05, 0) is 45.4 Å². The van der Waals surface area contributed by atoms with Crippen molar-refractivity contribution >= 4 is 5.82 Å². The van der Waals surface area contributed by atoms with E-state index in [0.29, 0.717) is 13.1 Å². The van der Waals surface area contributed by atoms with Gasteiger partial charge in [-0.15, -0.1) is 0 Å². The van der Waals surface area contributed by atoms with E-state index >= 15 is 0 Å². The number of anilines is 1. The van der Waals surface area contributed by atoms with Crippen LogP contribution >= 0.6 is 0 Å². The summed E-state index contributed by atoms with van der Waals surface area (Å²) in [6.45, 7) is 2.74. The molecule has 2 heterocycles. The van der Waals surface area contributed by atoms with Gasteiger partial charge in [0.05, 0.1) is 5.92 Å². The van der Waals surface area contributed by atoms with Crippen molar-refractivity contribution in [1.82, 2.24) is 9.97 Å². The summed E-state index contributed by atoms with van der Waals surface area (Å²) in [6.07, 6.45) is 0.440. The molecule has 21 heavy (non-hydrogen) atoms. The van der Waals surface area contributed by atoms with Crippen LogP contribution in [-0.2, 0) is 12.8 Å². The molecule has 0 saturated carbocycles. The third kappa shape index (κ3) is 2.99. The highest BCUT2D eigenvalue weighted by Gasteiger charge is 2.41. The summed E-state index contributed by atoms with van der Waals surface area (Å²) in [7, 11) is 0. The molecule has 1 aliphatic carbocycles. The molecule has 3 nitrogen and oxygen atoms in total. The van der Waals surface area contributed by atoms with Gasteiger partial charge in [-0.25, -0.2) is 9.97 Å². The number of nitrogens with zero attached hydrogens (tertiary/aromatic N) is 3. The largest absolute Gasteiger partial charge is 0.391 e. The molecule has 1 fully saturated rings. The number of halogens is 3. The molecule has 1 aliphatic heterocycles. The van der Waals surface area contributed by atoms with E-state index in [-0.39, 0.29) is 12.8 Å². The van der Waals surface area contributed by atoms with Crippen LogP contribution in [0.3, 0.4) is 0 Å². The molecule has 1 saturated heterocycles. The summed E-state index contributed by atoms with van der Waals surface area (Å²) in [4.78, 5) is 11.1. The zero-order valence-electron chi connectivity index (χ0n) is 12.2. The second-order valence-corrected chi connectivity index (χ2v) is 6.03. The molecule has 2 aliphatic rings. The van der Waals surface area contributed by atoms with Crippen LogP contribution < -0.4 is 4.90 Å². The minimum Gasteiger partial charge on any atom is -0.356 e. The van der Waals surface area contributed by atoms with Gasteiger partial charge in [0.2, 0.25) is 0 Å². The Morgan fingerprint density at radius 1 is 1.05 bits per heavy atom. The highest BCUT2D eigenvalue weighted by molar-refractivity contribution is 5.50. The van der Waals surface area contributed by atoms with Crippen LogP contribution in [0.5, 0.6) is 0 Å². The van der Waals surface area contributed by atoms with E-state index in [0.717, 1.165) is 48.6 Å². The lowest BCUT2D eigenvalue weighted by Gasteiger charge is -2.35. The maximum atomic E-state index is 12.8. The van der Waals surface area contributed by atoms with Crippen LogP contribution in [0.2, 0.25) is 0 Å². The first-order valence-electron chi connectivity index (χ1n) is 7.63. The lowest BCUT2D eigenvalue weighted by Crippen LogP contribution is -2.40. The lowest BCUT2D eigenvalue weighted by molar-refractivity contribution is -0.179. The summed E-state index contributed by atoms with van der Waals surface area (Å²) < 4.78 is 38.3. The summed E-state index contributed by atoms with van der Waals surface area (Å²) in [5.74, 6) is 0.453. The Kier molecular flexibility index (Phi) is 3.80. The Bertz CT molecular complexity index is 520. The lowest BCUT2D eigenvalue weighted by atomic mass is 9.93. The maximum absolute atomic E-state index is 12.8. The standard InChI is InChI=1S/C15H20F3N3/c1-10-19-13-5-3-2-4-12(13)14(20-10)21-8-6-11(7-9-21)15(16,17)18/h11H,2-9H2,1H3. The van der Waals surface area contributed by atoms with E-state index in [1.165, 1.54) is 0 Å². The van der Waals surface area contributed by atoms with Crippen molar-refractivity contribution in [2.45, 2.75) is 51.6 Å². The molecule has 0 unspecified atom stereocenters. The molecule has 0 bridgehead atoms. The molecule has 0 N–H and O–H groups in total. The van der Waals surface area contributed by atoms with Gasteiger partial charge >= 0.3 is 6.18 Å². The Morgan fingerprint density at radius 2 is 1.71 bits per heavy atom. The number of rotatable bonds is 1. The van der Waals surface area contributed by atoms with Gasteiger partial charge in [-0.2, -0.15) is 13.2 Å². The van der Waals surface area contributed by atoms with Crippen LogP contribution in [0.4, 0.5) is 19.0 Å². The molecule has 3 rings (SSSR count). The predicted molar refractivity (Wildman–Crippen MR) is 74.4 cm³/mol. The van der Waals surface area contributed by atoms with E-state index in [1.807, 2.05) is 11.8 Å². The molecule has 0 spiro atoms. The monoisotopic (exact) mass is 299 g/mol. The van der Waals surface area contributed by atoms with Crippen LogP contribution in [-0.4, -0.2) is 29.2 Å². The zero-order valence-corrected chi connectivity index (χ0v) is 12.2. The smallest absolute Gasteiger partial charge is 0.356 e. The number of hydrogen-bond donors (Lipinski definition) is 0. The Labute approximate surface area is 122 Å². The third-order valence-corrected chi connectivity index (χ3v) is 4.53. The molecule has 1 aromatic rings. The van der Waals surface area contributed by atoms with Crippen molar-refractivity contribution < 1.29 is 13.2 Å². The van der Waals surface area contributed by atoms with Crippen LogP contribution in [0.25, 0.3) is 0 Å². The second-order valence-electron chi connectivity index (χ2n) is 6.03. The summed E-state index contributed by atoms with van der Waals surface area (Å²) >= 11 is 0. The fraction of sp³-hybridized carbons (Fsp3) is 0.733. The van der Waals surface area contributed by atoms with E-state index in [4.69, 9.17) is 0 Å². The average Bonchev–Trinajstić information content (AvgIpc) is 2.45. The van der Waals surface area contributed by atoms with Crippen molar-refractivity contribution in [3.8, 4) is 0 Å². The Hall–Kier alpha value is -1.33. The molecular formula is C15H20F3N3. The van der Waals surface area contributed by atoms with Gasteiger partial charge in [0.15, 0.2) is 0 Å². The molecule has 0 amide bonds. The highest BCUT2D eigenvalue weighted by Crippen LogP contribution is 2.36. The minimum atomic E-state index is -4.06. The van der Waals surface area contributed by atoms with Gasteiger partial charge in [0.1, 0.15) is 11.6 Å². The highest BCUT2D eigenvalue weighted by atomic mass is 19.4. The van der Waals surface area contributed by atoms with Crippen molar-refractivity contribution in [2.24, 2.45) is 5.92 Å². The normalized spacial score (nSPS) is 20.5. The molecule has 0 radical (unpaired) electrons. The van der Waals surface area contributed by atoms with Crippen molar-refractivity contribution in [3.05, 3.63) is 17.1 Å². The maximum Gasteiger partial charge on any atom is 0.391 e. The first kappa shape index (κ1) is 14.6. The summed E-state index contributed by atoms with van der Waals surface area (Å²) in [5.41, 5.74) is 2.26. The molecule has 1 aromatic heterocycles. The number of hydrogen-bond acceptors (Lipinski definition) is 3. The van der Waals surface area contributed by atoms with Gasteiger partial charge in [-0.3, -0.25) is 0 Å². The number of alkyl halides is 3. The van der Waals surface area contributed by atoms with Crippen LogP contribution in [0, 0.1) is 12.8 Å². The van der Waals surface area contributed by atoms with Gasteiger partial charge < -0.3 is 4.90 Å². The van der Waals surface area contributed by atoms with E-state index in [9.17, 15) is 13.2 Å². The number of piperidine rings is 1. The van der Waals surface area contributed by atoms with E-state index in [1.54, 1.807) is 0 Å². The van der Waals surface area contributed by atoms with Crippen molar-refractivity contribution in [1.29, 1.82) is 0 Å². The third-order valence-electron chi connectivity index (χ3n) is 4.53. The Morgan fingerprint density at radius 3 is 2.38 bits per heavy atom. The van der Waals surface area contributed by atoms with Gasteiger partial charge in [0, 0.05) is 24.3 Å². The topological polar surface area (TPSA) is 29.0 Å². The summed E-state index contributed by atoms with van der Waals surface area (Å²) in [6, 6.07) is 0. The van der Waals surface area contributed by atoms with E-state index < -0.39 is 12.1 Å². The predicted octanol–water partition coefficient (Wildman–Crippen LogP) is 3.44. The Balaban J connectivity index is 1.81. The molecular weight excluding hydrogens is 279 g/mol. The van der Waals surface area contributed by atoms with E-state index in [2.05, 4.69) is 9.97 Å². The second kappa shape index (κ2) is 5.46. The van der Waals surface area contributed by atoms with Crippen LogP contribution in [0.15, 0.2) is 0 Å². The first-order chi connectivity index (χ1) is 9.95. The molecule has 0 aromatic carbocycles. The minimum absolute atomic E-state index is 0.168. The molecule has 116 valence electrons.